The lowest BCUT2D eigenvalue weighted by molar-refractivity contribution is 0.155. The van der Waals surface area contributed by atoms with Gasteiger partial charge in [-0.1, -0.05) is 30.3 Å². The molecule has 0 fully saturated rings. The Hall–Kier alpha value is -3.46. The van der Waals surface area contributed by atoms with Crippen LogP contribution in [-0.2, 0) is 17.9 Å². The second kappa shape index (κ2) is 7.62. The Balaban J connectivity index is 1.80. The van der Waals surface area contributed by atoms with E-state index in [4.69, 9.17) is 9.15 Å². The molecule has 0 aliphatic carbocycles. The summed E-state index contributed by atoms with van der Waals surface area (Å²) >= 11 is 0. The Labute approximate surface area is 151 Å². The fourth-order valence-corrected chi connectivity index (χ4v) is 2.74. The van der Waals surface area contributed by atoms with Crippen molar-refractivity contribution in [3.8, 4) is 6.07 Å². The van der Waals surface area contributed by atoms with Crippen LogP contribution in [0, 0.1) is 25.2 Å². The monoisotopic (exact) mass is 349 g/mol. The molecule has 6 heteroatoms. The van der Waals surface area contributed by atoms with Gasteiger partial charge in [-0.05, 0) is 37.1 Å². The number of nitriles is 1. The first-order valence-corrected chi connectivity index (χ1v) is 8.20. The zero-order chi connectivity index (χ0) is 18.5. The van der Waals surface area contributed by atoms with Gasteiger partial charge in [0.25, 0.3) is 0 Å². The van der Waals surface area contributed by atoms with Gasteiger partial charge in [0, 0.05) is 5.69 Å². The minimum Gasteiger partial charge on any atom is -0.467 e. The van der Waals surface area contributed by atoms with Gasteiger partial charge in [0.1, 0.15) is 24.3 Å². The van der Waals surface area contributed by atoms with Gasteiger partial charge in [0.2, 0.25) is 0 Å². The highest BCUT2D eigenvalue weighted by molar-refractivity contribution is 5.86. The van der Waals surface area contributed by atoms with Crippen LogP contribution >= 0.6 is 0 Å². The average Bonchev–Trinajstić information content (AvgIpc) is 3.24. The van der Waals surface area contributed by atoms with Crippen LogP contribution in [0.15, 0.2) is 53.1 Å². The molecule has 6 nitrogen and oxygen atoms in total. The number of nitrogens with zero attached hydrogens (tertiary/aromatic N) is 2. The molecule has 2 aromatic heterocycles. The lowest BCUT2D eigenvalue weighted by Crippen LogP contribution is -2.18. The minimum atomic E-state index is -0.608. The number of amides is 1. The normalized spacial score (nSPS) is 10.3. The Bertz CT molecular complexity index is 935. The summed E-state index contributed by atoms with van der Waals surface area (Å²) in [4.78, 5) is 12.2. The van der Waals surface area contributed by atoms with Crippen LogP contribution in [0.25, 0.3) is 0 Å². The van der Waals surface area contributed by atoms with Gasteiger partial charge in [-0.2, -0.15) is 5.26 Å². The summed E-state index contributed by atoms with van der Waals surface area (Å²) in [7, 11) is 0. The van der Waals surface area contributed by atoms with E-state index in [9.17, 15) is 10.1 Å². The first-order chi connectivity index (χ1) is 12.6. The highest BCUT2D eigenvalue weighted by Gasteiger charge is 2.20. The first-order valence-electron chi connectivity index (χ1n) is 8.20. The van der Waals surface area contributed by atoms with Crippen molar-refractivity contribution in [2.24, 2.45) is 0 Å². The lowest BCUT2D eigenvalue weighted by atomic mass is 10.2. The third-order valence-electron chi connectivity index (χ3n) is 4.27. The summed E-state index contributed by atoms with van der Waals surface area (Å²) < 4.78 is 12.5. The van der Waals surface area contributed by atoms with E-state index in [1.165, 1.54) is 0 Å². The third kappa shape index (κ3) is 3.62. The van der Waals surface area contributed by atoms with E-state index < -0.39 is 6.09 Å². The van der Waals surface area contributed by atoms with Crippen molar-refractivity contribution < 1.29 is 13.9 Å². The summed E-state index contributed by atoms with van der Waals surface area (Å²) in [5, 5.41) is 12.2. The second-order valence-corrected chi connectivity index (χ2v) is 5.90. The molecular weight excluding hydrogens is 330 g/mol. The molecule has 0 saturated heterocycles. The number of ether oxygens (including phenoxy) is 1. The van der Waals surface area contributed by atoms with E-state index in [-0.39, 0.29) is 6.61 Å². The number of carbonyl (C=O) groups excluding carboxylic acids is 1. The molecule has 132 valence electrons. The van der Waals surface area contributed by atoms with Crippen LogP contribution in [0.4, 0.5) is 10.6 Å². The van der Waals surface area contributed by atoms with Crippen molar-refractivity contribution in [1.29, 1.82) is 5.26 Å². The van der Waals surface area contributed by atoms with Crippen LogP contribution in [0.5, 0.6) is 0 Å². The van der Waals surface area contributed by atoms with Crippen LogP contribution in [-0.4, -0.2) is 10.7 Å². The molecule has 26 heavy (non-hydrogen) atoms. The quantitative estimate of drug-likeness (QED) is 0.742. The second-order valence-electron chi connectivity index (χ2n) is 5.90. The van der Waals surface area contributed by atoms with Gasteiger partial charge < -0.3 is 13.7 Å². The molecule has 3 aromatic rings. The summed E-state index contributed by atoms with van der Waals surface area (Å²) in [6.07, 6.45) is 0.983. The number of rotatable bonds is 5. The molecule has 0 spiro atoms. The maximum atomic E-state index is 12.2. The number of benzene rings is 1. The molecule has 1 N–H and O–H groups in total. The minimum absolute atomic E-state index is 0.158. The number of aromatic nitrogens is 1. The van der Waals surface area contributed by atoms with Crippen molar-refractivity contribution in [2.75, 3.05) is 5.32 Å². The largest absolute Gasteiger partial charge is 0.467 e. The summed E-state index contributed by atoms with van der Waals surface area (Å²) in [5.74, 6) is 1.14. The van der Waals surface area contributed by atoms with Crippen molar-refractivity contribution >= 4 is 11.9 Å². The Morgan fingerprint density at radius 2 is 2.00 bits per heavy atom. The van der Waals surface area contributed by atoms with E-state index in [2.05, 4.69) is 11.4 Å². The van der Waals surface area contributed by atoms with Gasteiger partial charge >= 0.3 is 6.09 Å². The van der Waals surface area contributed by atoms with Crippen molar-refractivity contribution in [1.82, 2.24) is 4.57 Å². The van der Waals surface area contributed by atoms with E-state index in [0.717, 1.165) is 22.6 Å². The fourth-order valence-electron chi connectivity index (χ4n) is 2.74. The van der Waals surface area contributed by atoms with Crippen molar-refractivity contribution in [3.05, 3.63) is 76.9 Å². The highest BCUT2D eigenvalue weighted by atomic mass is 16.5. The van der Waals surface area contributed by atoms with E-state index >= 15 is 0 Å². The maximum Gasteiger partial charge on any atom is 0.413 e. The van der Waals surface area contributed by atoms with Crippen LogP contribution < -0.4 is 5.32 Å². The molecule has 3 rings (SSSR count). The SMILES string of the molecule is Cc1c(C#N)c(NC(=O)OCc2ccccc2)n(Cc2ccco2)c1C. The zero-order valence-electron chi connectivity index (χ0n) is 14.7. The fraction of sp³-hybridized carbons (Fsp3) is 0.200. The number of hydrogen-bond acceptors (Lipinski definition) is 4. The predicted molar refractivity (Wildman–Crippen MR) is 96.7 cm³/mol. The summed E-state index contributed by atoms with van der Waals surface area (Å²) in [6, 6.07) is 15.2. The van der Waals surface area contributed by atoms with Crippen molar-refractivity contribution in [3.63, 3.8) is 0 Å². The van der Waals surface area contributed by atoms with Crippen LogP contribution in [0.3, 0.4) is 0 Å². The topological polar surface area (TPSA) is 80.2 Å². The van der Waals surface area contributed by atoms with Gasteiger partial charge in [-0.25, -0.2) is 4.79 Å². The Kier molecular flexibility index (Phi) is 5.09. The molecule has 0 radical (unpaired) electrons. The highest BCUT2D eigenvalue weighted by Crippen LogP contribution is 2.27. The Morgan fingerprint density at radius 1 is 1.23 bits per heavy atom. The van der Waals surface area contributed by atoms with Gasteiger partial charge in [-0.15, -0.1) is 0 Å². The van der Waals surface area contributed by atoms with Gasteiger partial charge in [0.15, 0.2) is 0 Å². The molecule has 0 unspecified atom stereocenters. The van der Waals surface area contributed by atoms with Crippen molar-refractivity contribution in [2.45, 2.75) is 27.0 Å². The summed E-state index contributed by atoms with van der Waals surface area (Å²) in [6.45, 7) is 4.33. The molecule has 2 heterocycles. The number of carbonyl (C=O) groups is 1. The Morgan fingerprint density at radius 3 is 2.65 bits per heavy atom. The van der Waals surface area contributed by atoms with Gasteiger partial charge in [0.05, 0.1) is 18.4 Å². The standard InChI is InChI=1S/C20H19N3O3/c1-14-15(2)23(12-17-9-6-10-25-17)19(18(14)11-21)22-20(24)26-13-16-7-4-3-5-8-16/h3-10H,12-13H2,1-2H3,(H,22,24). The smallest absolute Gasteiger partial charge is 0.413 e. The summed E-state index contributed by atoms with van der Waals surface area (Å²) in [5.41, 5.74) is 3.01. The zero-order valence-corrected chi connectivity index (χ0v) is 14.7. The molecule has 0 atom stereocenters. The van der Waals surface area contributed by atoms with Crippen LogP contribution in [0.1, 0.15) is 28.1 Å². The molecular formula is C20H19N3O3. The average molecular weight is 349 g/mol. The van der Waals surface area contributed by atoms with Gasteiger partial charge in [-0.3, -0.25) is 5.32 Å². The number of furan rings is 1. The first kappa shape index (κ1) is 17.4. The number of nitrogens with one attached hydrogen (secondary N) is 1. The molecule has 1 amide bonds. The van der Waals surface area contributed by atoms with E-state index in [0.29, 0.717) is 17.9 Å². The lowest BCUT2D eigenvalue weighted by Gasteiger charge is -2.12. The number of anilines is 1. The predicted octanol–water partition coefficient (Wildman–Crippen LogP) is 4.37. The molecule has 1 aromatic carbocycles. The van der Waals surface area contributed by atoms with E-state index in [1.807, 2.05) is 54.8 Å². The molecule has 0 aliphatic rings. The van der Waals surface area contributed by atoms with Crippen LogP contribution in [0.2, 0.25) is 0 Å². The molecule has 0 bridgehead atoms. The molecule has 0 aliphatic heterocycles. The number of hydrogen-bond donors (Lipinski definition) is 1. The third-order valence-corrected chi connectivity index (χ3v) is 4.27. The maximum absolute atomic E-state index is 12.2. The molecule has 0 saturated carbocycles. The van der Waals surface area contributed by atoms with E-state index in [1.54, 1.807) is 12.3 Å².